The van der Waals surface area contributed by atoms with E-state index in [9.17, 15) is 5.11 Å². The average Bonchev–Trinajstić information content (AvgIpc) is 2.58. The Bertz CT molecular complexity index is 260. The molecule has 0 fully saturated rings. The number of nitrogens with zero attached hydrogens (tertiary/aromatic N) is 2. The van der Waals surface area contributed by atoms with Crippen molar-refractivity contribution in [3.63, 3.8) is 0 Å². The van der Waals surface area contributed by atoms with Crippen LogP contribution in [0, 0.1) is 6.92 Å². The van der Waals surface area contributed by atoms with Crippen molar-refractivity contribution in [2.45, 2.75) is 32.9 Å². The zero-order valence-corrected chi connectivity index (χ0v) is 8.90. The van der Waals surface area contributed by atoms with Crippen molar-refractivity contribution in [2.75, 3.05) is 13.1 Å². The van der Waals surface area contributed by atoms with Crippen molar-refractivity contribution in [2.24, 2.45) is 0 Å². The average molecular weight is 197 g/mol. The molecule has 1 atom stereocenters. The summed E-state index contributed by atoms with van der Waals surface area (Å²) in [6.45, 7) is 6.41. The molecular formula is C10H19N3O. The largest absolute Gasteiger partial charge is 0.392 e. The van der Waals surface area contributed by atoms with Gasteiger partial charge in [0.15, 0.2) is 0 Å². The predicted molar refractivity (Wildman–Crippen MR) is 56.1 cm³/mol. The van der Waals surface area contributed by atoms with Crippen molar-refractivity contribution in [3.05, 3.63) is 18.2 Å². The van der Waals surface area contributed by atoms with Gasteiger partial charge in [0.2, 0.25) is 0 Å². The minimum Gasteiger partial charge on any atom is -0.392 e. The monoisotopic (exact) mass is 197 g/mol. The van der Waals surface area contributed by atoms with E-state index < -0.39 is 0 Å². The van der Waals surface area contributed by atoms with Gasteiger partial charge < -0.3 is 15.0 Å². The van der Waals surface area contributed by atoms with Crippen molar-refractivity contribution >= 4 is 0 Å². The van der Waals surface area contributed by atoms with Crippen LogP contribution in [0.4, 0.5) is 0 Å². The second-order valence-electron chi connectivity index (χ2n) is 3.43. The van der Waals surface area contributed by atoms with E-state index in [0.29, 0.717) is 6.54 Å². The number of nitrogens with one attached hydrogen (secondary N) is 1. The molecule has 0 aliphatic carbocycles. The third-order valence-electron chi connectivity index (χ3n) is 2.30. The van der Waals surface area contributed by atoms with Gasteiger partial charge in [0.05, 0.1) is 6.10 Å². The number of rotatable bonds is 6. The summed E-state index contributed by atoms with van der Waals surface area (Å²) in [6, 6.07) is 0. The quantitative estimate of drug-likeness (QED) is 0.655. The number of aliphatic hydroxyl groups excluding tert-OH is 1. The molecule has 1 aromatic heterocycles. The van der Waals surface area contributed by atoms with Crippen LogP contribution in [0.1, 0.15) is 19.2 Å². The summed E-state index contributed by atoms with van der Waals surface area (Å²) < 4.78 is 2.09. The van der Waals surface area contributed by atoms with E-state index in [1.165, 1.54) is 0 Å². The fraction of sp³-hybridized carbons (Fsp3) is 0.700. The maximum Gasteiger partial charge on any atom is 0.105 e. The van der Waals surface area contributed by atoms with Gasteiger partial charge in [0, 0.05) is 32.0 Å². The highest BCUT2D eigenvalue weighted by molar-refractivity contribution is 4.88. The number of imidazole rings is 1. The highest BCUT2D eigenvalue weighted by atomic mass is 16.3. The molecule has 4 nitrogen and oxygen atoms in total. The number of aromatic nitrogens is 2. The third kappa shape index (κ3) is 3.47. The van der Waals surface area contributed by atoms with Crippen LogP contribution in [0.5, 0.6) is 0 Å². The lowest BCUT2D eigenvalue weighted by Crippen LogP contribution is -2.29. The Morgan fingerprint density at radius 2 is 2.43 bits per heavy atom. The maximum atomic E-state index is 9.29. The van der Waals surface area contributed by atoms with E-state index in [2.05, 4.69) is 14.9 Å². The van der Waals surface area contributed by atoms with Crippen molar-refractivity contribution in [1.82, 2.24) is 14.9 Å². The van der Waals surface area contributed by atoms with Crippen LogP contribution in [-0.2, 0) is 6.54 Å². The second kappa shape index (κ2) is 5.78. The van der Waals surface area contributed by atoms with Gasteiger partial charge in [0.1, 0.15) is 5.82 Å². The first-order valence-corrected chi connectivity index (χ1v) is 5.10. The summed E-state index contributed by atoms with van der Waals surface area (Å²) in [6.07, 6.45) is 4.35. The van der Waals surface area contributed by atoms with Crippen molar-refractivity contribution in [1.29, 1.82) is 0 Å². The SMILES string of the molecule is CCC(O)CNCCn1ccnc1C. The Labute approximate surface area is 85.0 Å². The number of aryl methyl sites for hydroxylation is 1. The zero-order chi connectivity index (χ0) is 10.4. The molecule has 0 radical (unpaired) electrons. The molecule has 0 aromatic carbocycles. The standard InChI is InChI=1S/C10H19N3O/c1-3-10(14)8-11-4-6-13-7-5-12-9(13)2/h5,7,10-11,14H,3-4,6,8H2,1-2H3. The van der Waals surface area contributed by atoms with Gasteiger partial charge in [0.25, 0.3) is 0 Å². The van der Waals surface area contributed by atoms with Gasteiger partial charge in [-0.2, -0.15) is 0 Å². The summed E-state index contributed by atoms with van der Waals surface area (Å²) in [5.74, 6) is 1.03. The van der Waals surface area contributed by atoms with Crippen LogP contribution in [0.25, 0.3) is 0 Å². The van der Waals surface area contributed by atoms with E-state index in [0.717, 1.165) is 25.3 Å². The van der Waals surface area contributed by atoms with Gasteiger partial charge in [-0.05, 0) is 13.3 Å². The Hall–Kier alpha value is -0.870. The fourth-order valence-electron chi connectivity index (χ4n) is 1.25. The molecule has 0 amide bonds. The molecule has 4 heteroatoms. The van der Waals surface area contributed by atoms with E-state index in [-0.39, 0.29) is 6.10 Å². The maximum absolute atomic E-state index is 9.29. The molecule has 0 aliphatic rings. The van der Waals surface area contributed by atoms with Gasteiger partial charge in [-0.3, -0.25) is 0 Å². The van der Waals surface area contributed by atoms with E-state index in [4.69, 9.17) is 0 Å². The smallest absolute Gasteiger partial charge is 0.105 e. The molecule has 0 spiro atoms. The third-order valence-corrected chi connectivity index (χ3v) is 2.30. The lowest BCUT2D eigenvalue weighted by molar-refractivity contribution is 0.167. The van der Waals surface area contributed by atoms with Gasteiger partial charge in [-0.15, -0.1) is 0 Å². The molecule has 0 bridgehead atoms. The first kappa shape index (κ1) is 11.2. The summed E-state index contributed by atoms with van der Waals surface area (Å²) in [7, 11) is 0. The minimum atomic E-state index is -0.223. The molecule has 2 N–H and O–H groups in total. The lowest BCUT2D eigenvalue weighted by Gasteiger charge is -2.10. The van der Waals surface area contributed by atoms with Crippen LogP contribution in [-0.4, -0.2) is 33.9 Å². The van der Waals surface area contributed by atoms with Gasteiger partial charge in [-0.1, -0.05) is 6.92 Å². The highest BCUT2D eigenvalue weighted by Crippen LogP contribution is 1.93. The summed E-state index contributed by atoms with van der Waals surface area (Å²) in [5, 5.41) is 12.5. The minimum absolute atomic E-state index is 0.223. The van der Waals surface area contributed by atoms with Gasteiger partial charge in [-0.25, -0.2) is 4.98 Å². The second-order valence-corrected chi connectivity index (χ2v) is 3.43. The first-order chi connectivity index (χ1) is 6.74. The molecule has 1 heterocycles. The molecule has 0 saturated heterocycles. The van der Waals surface area contributed by atoms with Crippen LogP contribution in [0.3, 0.4) is 0 Å². The van der Waals surface area contributed by atoms with Crippen LogP contribution in [0.15, 0.2) is 12.4 Å². The fourth-order valence-corrected chi connectivity index (χ4v) is 1.25. The lowest BCUT2D eigenvalue weighted by atomic mass is 10.3. The molecule has 80 valence electrons. The number of aliphatic hydroxyl groups is 1. The van der Waals surface area contributed by atoms with E-state index in [1.54, 1.807) is 6.20 Å². The first-order valence-electron chi connectivity index (χ1n) is 5.10. The summed E-state index contributed by atoms with van der Waals surface area (Å²) in [5.41, 5.74) is 0. The van der Waals surface area contributed by atoms with Crippen LogP contribution in [0.2, 0.25) is 0 Å². The molecular weight excluding hydrogens is 178 g/mol. The van der Waals surface area contributed by atoms with E-state index in [1.807, 2.05) is 20.0 Å². The predicted octanol–water partition coefficient (Wildman–Crippen LogP) is 0.552. The van der Waals surface area contributed by atoms with Crippen molar-refractivity contribution in [3.8, 4) is 0 Å². The summed E-state index contributed by atoms with van der Waals surface area (Å²) >= 11 is 0. The van der Waals surface area contributed by atoms with Crippen LogP contribution >= 0.6 is 0 Å². The Morgan fingerprint density at radius 1 is 1.64 bits per heavy atom. The van der Waals surface area contributed by atoms with Crippen LogP contribution < -0.4 is 5.32 Å². The molecule has 1 aromatic rings. The Morgan fingerprint density at radius 3 is 3.00 bits per heavy atom. The number of hydrogen-bond donors (Lipinski definition) is 2. The zero-order valence-electron chi connectivity index (χ0n) is 8.90. The molecule has 0 aliphatic heterocycles. The van der Waals surface area contributed by atoms with Gasteiger partial charge >= 0.3 is 0 Å². The molecule has 0 saturated carbocycles. The molecule has 1 unspecified atom stereocenters. The van der Waals surface area contributed by atoms with Crippen molar-refractivity contribution < 1.29 is 5.11 Å². The molecule has 1 rings (SSSR count). The topological polar surface area (TPSA) is 50.1 Å². The Kier molecular flexibility index (Phi) is 4.62. The van der Waals surface area contributed by atoms with E-state index >= 15 is 0 Å². The molecule has 14 heavy (non-hydrogen) atoms. The normalized spacial score (nSPS) is 13.1. The Balaban J connectivity index is 2.13. The highest BCUT2D eigenvalue weighted by Gasteiger charge is 1.99. The number of hydrogen-bond acceptors (Lipinski definition) is 3. The summed E-state index contributed by atoms with van der Waals surface area (Å²) in [4.78, 5) is 4.13.